The molecular formula is C18H17NO5S3. The minimum atomic E-state index is -1.79. The van der Waals surface area contributed by atoms with Crippen molar-refractivity contribution in [2.75, 3.05) is 19.1 Å². The molecule has 0 aromatic rings. The number of hydrogen-bond donors (Lipinski definition) is 3. The van der Waals surface area contributed by atoms with Crippen LogP contribution in [-0.4, -0.2) is 52.9 Å². The molecule has 2 aliphatic rings. The van der Waals surface area contributed by atoms with Crippen LogP contribution in [0.25, 0.3) is 0 Å². The van der Waals surface area contributed by atoms with E-state index in [1.807, 2.05) is 6.26 Å². The van der Waals surface area contributed by atoms with Crippen molar-refractivity contribution in [3.05, 3.63) is 35.1 Å². The molecule has 2 bridgehead atoms. The fourth-order valence-electron chi connectivity index (χ4n) is 2.52. The molecule has 27 heavy (non-hydrogen) atoms. The van der Waals surface area contributed by atoms with E-state index in [-0.39, 0.29) is 23.3 Å². The molecule has 0 heterocycles. The SMILES string of the molecule is COC(=O)NC1=C2/C(=C\CSSSC)[C@@](O)(C#C/C=C\C#C[C@H]2O)CC1=O. The Morgan fingerprint density at radius 3 is 2.93 bits per heavy atom. The van der Waals surface area contributed by atoms with Gasteiger partial charge < -0.3 is 14.9 Å². The standard InChI is InChI=1S/C18H17NO5S3/c1-24-17(22)19-16-14(21)11-18(23)9-6-4-3-5-7-13(20)15(16)12(18)8-10-26-27-25-2/h3-4,8,13,20,23H,10-11H2,1-2H3,(H,19,22)/b4-3-,12-8+/t13-,18-/m1/s1. The van der Waals surface area contributed by atoms with E-state index >= 15 is 0 Å². The van der Waals surface area contributed by atoms with Crippen molar-refractivity contribution in [1.82, 2.24) is 5.32 Å². The van der Waals surface area contributed by atoms with Crippen LogP contribution >= 0.6 is 31.4 Å². The van der Waals surface area contributed by atoms with Gasteiger partial charge in [-0.1, -0.05) is 51.3 Å². The van der Waals surface area contributed by atoms with Crippen LogP contribution in [0.5, 0.6) is 0 Å². The summed E-state index contributed by atoms with van der Waals surface area (Å²) in [6, 6.07) is 0. The third-order valence-corrected chi connectivity index (χ3v) is 7.34. The van der Waals surface area contributed by atoms with Crippen LogP contribution in [0.3, 0.4) is 0 Å². The lowest BCUT2D eigenvalue weighted by Crippen LogP contribution is -2.45. The molecule has 0 aliphatic heterocycles. The van der Waals surface area contributed by atoms with Crippen LogP contribution in [0.1, 0.15) is 6.42 Å². The zero-order valence-electron chi connectivity index (χ0n) is 14.6. The zero-order valence-corrected chi connectivity index (χ0v) is 17.0. The van der Waals surface area contributed by atoms with Gasteiger partial charge in [-0.15, -0.1) is 0 Å². The van der Waals surface area contributed by atoms with Gasteiger partial charge in [-0.25, -0.2) is 4.79 Å². The van der Waals surface area contributed by atoms with Gasteiger partial charge in [0.25, 0.3) is 0 Å². The first-order chi connectivity index (χ1) is 12.9. The van der Waals surface area contributed by atoms with Gasteiger partial charge in [0.1, 0.15) is 6.10 Å². The largest absolute Gasteiger partial charge is 0.453 e. The number of alkyl carbamates (subject to hydrolysis) is 1. The van der Waals surface area contributed by atoms with E-state index < -0.39 is 23.6 Å². The molecule has 9 heteroatoms. The molecule has 0 aromatic carbocycles. The Morgan fingerprint density at radius 1 is 1.48 bits per heavy atom. The number of allylic oxidation sites excluding steroid dienone is 3. The second-order valence-electron chi connectivity index (χ2n) is 5.30. The molecule has 0 spiro atoms. The molecule has 3 N–H and O–H groups in total. The monoisotopic (exact) mass is 423 g/mol. The number of rotatable bonds is 5. The summed E-state index contributed by atoms with van der Waals surface area (Å²) >= 11 is 0. The maximum Gasteiger partial charge on any atom is 0.411 e. The Kier molecular flexibility index (Phi) is 7.96. The number of ketones is 1. The van der Waals surface area contributed by atoms with Crippen molar-refractivity contribution >= 4 is 43.3 Å². The van der Waals surface area contributed by atoms with Crippen molar-refractivity contribution in [3.63, 3.8) is 0 Å². The maximum atomic E-state index is 12.6. The Bertz CT molecular complexity index is 841. The molecule has 1 amide bonds. The number of carbonyl (C=O) groups excluding carboxylic acids is 2. The lowest BCUT2D eigenvalue weighted by molar-refractivity contribution is -0.119. The van der Waals surface area contributed by atoms with Crippen molar-refractivity contribution in [1.29, 1.82) is 0 Å². The fourth-order valence-corrected chi connectivity index (χ4v) is 4.94. The Balaban J connectivity index is 2.65. The lowest BCUT2D eigenvalue weighted by atomic mass is 9.75. The van der Waals surface area contributed by atoms with Gasteiger partial charge in [0.2, 0.25) is 0 Å². The highest BCUT2D eigenvalue weighted by atomic mass is 33.5. The number of Topliss-reactive ketones (excluding diaryl/α,β-unsaturated/α-hetero) is 1. The minimum absolute atomic E-state index is 0.0333. The molecule has 0 saturated heterocycles. The summed E-state index contributed by atoms with van der Waals surface area (Å²) in [5.74, 6) is 10.5. The average molecular weight is 424 g/mol. The van der Waals surface area contributed by atoms with E-state index in [1.165, 1.54) is 22.9 Å². The summed E-state index contributed by atoms with van der Waals surface area (Å²) in [6.45, 7) is 0. The average Bonchev–Trinajstić information content (AvgIpc) is 2.63. The van der Waals surface area contributed by atoms with E-state index in [9.17, 15) is 19.8 Å². The third kappa shape index (κ3) is 5.38. The first-order valence-corrected chi connectivity index (χ1v) is 11.7. The van der Waals surface area contributed by atoms with Crippen LogP contribution in [0.4, 0.5) is 4.79 Å². The van der Waals surface area contributed by atoms with Gasteiger partial charge in [0.05, 0.1) is 19.2 Å². The number of fused-ring (bicyclic) bond motifs is 2. The number of hydrogen-bond acceptors (Lipinski definition) is 8. The van der Waals surface area contributed by atoms with Crippen molar-refractivity contribution in [3.8, 4) is 23.7 Å². The van der Waals surface area contributed by atoms with Crippen molar-refractivity contribution in [2.24, 2.45) is 0 Å². The highest BCUT2D eigenvalue weighted by molar-refractivity contribution is 9.09. The number of amides is 1. The van der Waals surface area contributed by atoms with Gasteiger partial charge in [-0.2, -0.15) is 0 Å². The number of aliphatic hydroxyl groups is 2. The molecule has 0 fully saturated rings. The Labute approximate surface area is 169 Å². The summed E-state index contributed by atoms with van der Waals surface area (Å²) in [5.41, 5.74) is -1.64. The van der Waals surface area contributed by atoms with E-state index in [0.717, 1.165) is 7.11 Å². The topological polar surface area (TPSA) is 95.9 Å². The van der Waals surface area contributed by atoms with Gasteiger partial charge in [0.15, 0.2) is 11.4 Å². The van der Waals surface area contributed by atoms with Crippen LogP contribution < -0.4 is 5.32 Å². The smallest absolute Gasteiger partial charge is 0.411 e. The molecule has 0 radical (unpaired) electrons. The number of carbonyl (C=O) groups is 2. The fraction of sp³-hybridized carbons (Fsp3) is 0.333. The third-order valence-electron chi connectivity index (χ3n) is 3.61. The summed E-state index contributed by atoms with van der Waals surface area (Å²) in [7, 11) is 5.81. The zero-order chi connectivity index (χ0) is 19.9. The highest BCUT2D eigenvalue weighted by Crippen LogP contribution is 2.39. The van der Waals surface area contributed by atoms with Gasteiger partial charge in [-0.3, -0.25) is 10.1 Å². The predicted molar refractivity (Wildman–Crippen MR) is 109 cm³/mol. The summed E-state index contributed by atoms with van der Waals surface area (Å²) in [5, 5.41) is 24.0. The van der Waals surface area contributed by atoms with E-state index in [4.69, 9.17) is 0 Å². The molecular weight excluding hydrogens is 406 g/mol. The first-order valence-electron chi connectivity index (χ1n) is 7.67. The number of aliphatic hydroxyl groups excluding tert-OH is 1. The van der Waals surface area contributed by atoms with Gasteiger partial charge in [-0.05, 0) is 28.2 Å². The molecule has 6 nitrogen and oxygen atoms in total. The minimum Gasteiger partial charge on any atom is -0.453 e. The summed E-state index contributed by atoms with van der Waals surface area (Å²) in [6.07, 6.45) is 3.89. The summed E-state index contributed by atoms with van der Waals surface area (Å²) < 4.78 is 4.56. The predicted octanol–water partition coefficient (Wildman–Crippen LogP) is 1.82. The number of methoxy groups -OCH3 is 1. The van der Waals surface area contributed by atoms with E-state index in [1.54, 1.807) is 26.7 Å². The van der Waals surface area contributed by atoms with Crippen LogP contribution in [-0.2, 0) is 9.53 Å². The number of nitrogens with one attached hydrogen (secondary N) is 1. The highest BCUT2D eigenvalue weighted by Gasteiger charge is 2.44. The lowest BCUT2D eigenvalue weighted by Gasteiger charge is -2.34. The Morgan fingerprint density at radius 2 is 2.22 bits per heavy atom. The first kappa shape index (κ1) is 21.5. The Hall–Kier alpha value is -1.75. The van der Waals surface area contributed by atoms with Gasteiger partial charge in [0, 0.05) is 16.9 Å². The molecule has 0 unspecified atom stereocenters. The molecule has 0 saturated carbocycles. The molecule has 2 atom stereocenters. The van der Waals surface area contributed by atoms with Crippen LogP contribution in [0, 0.1) is 23.7 Å². The second kappa shape index (κ2) is 9.98. The van der Waals surface area contributed by atoms with Crippen molar-refractivity contribution in [2.45, 2.75) is 18.1 Å². The molecule has 142 valence electrons. The van der Waals surface area contributed by atoms with Crippen molar-refractivity contribution < 1.29 is 24.5 Å². The van der Waals surface area contributed by atoms with Crippen LogP contribution in [0.15, 0.2) is 35.1 Å². The normalized spacial score (nSPS) is 26.4. The molecule has 2 rings (SSSR count). The van der Waals surface area contributed by atoms with Crippen LogP contribution in [0.2, 0.25) is 0 Å². The summed E-state index contributed by atoms with van der Waals surface area (Å²) in [4.78, 5) is 24.3. The van der Waals surface area contributed by atoms with Gasteiger partial charge >= 0.3 is 6.09 Å². The van der Waals surface area contributed by atoms with E-state index in [2.05, 4.69) is 33.7 Å². The second-order valence-corrected chi connectivity index (χ2v) is 9.67. The van der Waals surface area contributed by atoms with E-state index in [0.29, 0.717) is 5.75 Å². The maximum absolute atomic E-state index is 12.6. The molecule has 2 aliphatic carbocycles. The molecule has 0 aromatic heterocycles. The number of ether oxygens (including phenoxy) is 1. The quantitative estimate of drug-likeness (QED) is 0.350.